The van der Waals surface area contributed by atoms with E-state index in [1.54, 1.807) is 54.6 Å². The lowest BCUT2D eigenvalue weighted by molar-refractivity contribution is 0.0682. The molecule has 0 heterocycles. The number of ether oxygens (including phenoxy) is 2. The Morgan fingerprint density at radius 3 is 1.73 bits per heavy atom. The fraction of sp³-hybridized carbons (Fsp3) is 0.231. The van der Waals surface area contributed by atoms with Crippen molar-refractivity contribution in [3.63, 3.8) is 0 Å². The Morgan fingerprint density at radius 2 is 1.17 bits per heavy atom. The summed E-state index contributed by atoms with van der Waals surface area (Å²) in [7, 11) is 0. The molecule has 0 bridgehead atoms. The van der Waals surface area contributed by atoms with E-state index in [-0.39, 0.29) is 11.5 Å². The van der Waals surface area contributed by atoms with Gasteiger partial charge in [-0.25, -0.2) is 9.59 Å². The highest BCUT2D eigenvalue weighted by molar-refractivity contribution is 5.93. The lowest BCUT2D eigenvalue weighted by Gasteiger charge is -2.23. The molecule has 0 N–H and O–H groups in total. The van der Waals surface area contributed by atoms with Crippen molar-refractivity contribution in [2.75, 3.05) is 0 Å². The number of benzene rings is 3. The minimum absolute atomic E-state index is 0.243. The molecule has 0 aliphatic heterocycles. The van der Waals surface area contributed by atoms with Crippen LogP contribution in [-0.2, 0) is 0 Å². The first kappa shape index (κ1) is 19.9. The van der Waals surface area contributed by atoms with Crippen molar-refractivity contribution in [3.05, 3.63) is 95.6 Å². The van der Waals surface area contributed by atoms with Crippen LogP contribution in [0.4, 0.5) is 0 Å². The maximum absolute atomic E-state index is 12.6. The molecule has 0 atom stereocenters. The Morgan fingerprint density at radius 1 is 0.633 bits per heavy atom. The Balaban J connectivity index is 1.62. The highest BCUT2D eigenvalue weighted by Crippen LogP contribution is 2.38. The van der Waals surface area contributed by atoms with Gasteiger partial charge in [0.25, 0.3) is 0 Å². The molecule has 0 radical (unpaired) electrons. The van der Waals surface area contributed by atoms with Crippen LogP contribution in [0.3, 0.4) is 0 Å². The summed E-state index contributed by atoms with van der Waals surface area (Å²) in [5.74, 6) is -0.0119. The van der Waals surface area contributed by atoms with Crippen molar-refractivity contribution in [2.45, 2.75) is 38.0 Å². The zero-order valence-electron chi connectivity index (χ0n) is 16.8. The third-order valence-electron chi connectivity index (χ3n) is 5.47. The van der Waals surface area contributed by atoms with E-state index in [0.29, 0.717) is 17.0 Å². The molecule has 1 saturated carbocycles. The predicted molar refractivity (Wildman–Crippen MR) is 115 cm³/mol. The molecule has 3 aromatic rings. The van der Waals surface area contributed by atoms with E-state index < -0.39 is 11.9 Å². The summed E-state index contributed by atoms with van der Waals surface area (Å²) in [4.78, 5) is 25.2. The van der Waals surface area contributed by atoms with E-state index in [9.17, 15) is 9.59 Å². The van der Waals surface area contributed by atoms with Gasteiger partial charge < -0.3 is 9.47 Å². The van der Waals surface area contributed by atoms with Crippen LogP contribution in [0.15, 0.2) is 78.9 Å². The molecule has 152 valence electrons. The predicted octanol–water partition coefficient (Wildman–Crippen LogP) is 6.17. The number of hydrogen-bond donors (Lipinski definition) is 0. The van der Waals surface area contributed by atoms with E-state index in [0.717, 1.165) is 18.4 Å². The Bertz CT molecular complexity index is 1010. The number of carbonyl (C=O) groups excluding carboxylic acids is 2. The summed E-state index contributed by atoms with van der Waals surface area (Å²) < 4.78 is 11.3. The molecule has 1 fully saturated rings. The average Bonchev–Trinajstić information content (AvgIpc) is 2.82. The summed E-state index contributed by atoms with van der Waals surface area (Å²) in [5, 5.41) is 0. The van der Waals surface area contributed by atoms with E-state index >= 15 is 0 Å². The number of rotatable bonds is 5. The summed E-state index contributed by atoms with van der Waals surface area (Å²) in [6.07, 6.45) is 5.91. The molecule has 4 nitrogen and oxygen atoms in total. The minimum Gasteiger partial charge on any atom is -0.419 e. The second-order valence-electron chi connectivity index (χ2n) is 7.55. The van der Waals surface area contributed by atoms with E-state index in [2.05, 4.69) is 0 Å². The van der Waals surface area contributed by atoms with Gasteiger partial charge in [-0.05, 0) is 60.7 Å². The van der Waals surface area contributed by atoms with Gasteiger partial charge in [-0.2, -0.15) is 0 Å². The fourth-order valence-corrected chi connectivity index (χ4v) is 3.84. The van der Waals surface area contributed by atoms with Gasteiger partial charge in [0.1, 0.15) is 0 Å². The number of carbonyl (C=O) groups is 2. The molecule has 3 aromatic carbocycles. The standard InChI is InChI=1S/C26H24O4/c27-25(20-12-6-2-7-13-20)29-23-17-16-22(19-10-4-1-5-11-19)18-24(23)30-26(28)21-14-8-3-9-15-21/h2-3,6-9,12-19H,1,4-5,10-11H2. The van der Waals surface area contributed by atoms with Crippen LogP contribution in [0.25, 0.3) is 0 Å². The van der Waals surface area contributed by atoms with E-state index in [1.165, 1.54) is 19.3 Å². The van der Waals surface area contributed by atoms with Crippen molar-refractivity contribution < 1.29 is 19.1 Å². The fourth-order valence-electron chi connectivity index (χ4n) is 3.84. The Labute approximate surface area is 176 Å². The third kappa shape index (κ3) is 4.77. The van der Waals surface area contributed by atoms with Crippen LogP contribution in [0.2, 0.25) is 0 Å². The molecule has 4 heteroatoms. The topological polar surface area (TPSA) is 52.6 Å². The average molecular weight is 400 g/mol. The largest absolute Gasteiger partial charge is 0.419 e. The van der Waals surface area contributed by atoms with Crippen LogP contribution in [0.1, 0.15) is 64.3 Å². The van der Waals surface area contributed by atoms with Gasteiger partial charge in [-0.15, -0.1) is 0 Å². The molecule has 1 aliphatic rings. The van der Waals surface area contributed by atoms with Crippen molar-refractivity contribution in [3.8, 4) is 11.5 Å². The summed E-state index contributed by atoms with van der Waals surface area (Å²) in [5.41, 5.74) is 2.00. The summed E-state index contributed by atoms with van der Waals surface area (Å²) in [6, 6.07) is 23.1. The first-order valence-corrected chi connectivity index (χ1v) is 10.4. The molecule has 1 aliphatic carbocycles. The van der Waals surface area contributed by atoms with E-state index in [4.69, 9.17) is 9.47 Å². The zero-order valence-corrected chi connectivity index (χ0v) is 16.8. The van der Waals surface area contributed by atoms with Crippen molar-refractivity contribution in [1.29, 1.82) is 0 Å². The van der Waals surface area contributed by atoms with Gasteiger partial charge >= 0.3 is 11.9 Å². The molecule has 0 unspecified atom stereocenters. The van der Waals surface area contributed by atoms with Gasteiger partial charge in [0.15, 0.2) is 11.5 Å². The third-order valence-corrected chi connectivity index (χ3v) is 5.47. The van der Waals surface area contributed by atoms with Crippen LogP contribution in [0.5, 0.6) is 11.5 Å². The molecular weight excluding hydrogens is 376 g/mol. The number of hydrogen-bond acceptors (Lipinski definition) is 4. The molecule has 0 spiro atoms. The normalized spacial score (nSPS) is 14.1. The monoisotopic (exact) mass is 400 g/mol. The van der Waals surface area contributed by atoms with Crippen LogP contribution >= 0.6 is 0 Å². The van der Waals surface area contributed by atoms with E-state index in [1.807, 2.05) is 24.3 Å². The molecule has 0 aromatic heterocycles. The highest BCUT2D eigenvalue weighted by atomic mass is 16.6. The number of esters is 2. The van der Waals surface area contributed by atoms with Gasteiger partial charge in [-0.3, -0.25) is 0 Å². The van der Waals surface area contributed by atoms with Crippen molar-refractivity contribution >= 4 is 11.9 Å². The maximum Gasteiger partial charge on any atom is 0.343 e. The first-order valence-electron chi connectivity index (χ1n) is 10.4. The van der Waals surface area contributed by atoms with Crippen LogP contribution < -0.4 is 9.47 Å². The van der Waals surface area contributed by atoms with Gasteiger partial charge in [-0.1, -0.05) is 61.7 Å². The zero-order chi connectivity index (χ0) is 20.8. The second kappa shape index (κ2) is 9.40. The molecular formula is C26H24O4. The first-order chi connectivity index (χ1) is 14.7. The Hall–Kier alpha value is -3.40. The van der Waals surface area contributed by atoms with Gasteiger partial charge in [0, 0.05) is 0 Å². The van der Waals surface area contributed by atoms with Crippen molar-refractivity contribution in [1.82, 2.24) is 0 Å². The lowest BCUT2D eigenvalue weighted by atomic mass is 9.84. The Kier molecular flexibility index (Phi) is 6.23. The molecule has 4 rings (SSSR count). The second-order valence-corrected chi connectivity index (χ2v) is 7.55. The SMILES string of the molecule is O=C(Oc1ccc(C2CCCCC2)cc1OC(=O)c1ccccc1)c1ccccc1. The quantitative estimate of drug-likeness (QED) is 0.379. The van der Waals surface area contributed by atoms with Gasteiger partial charge in [0.2, 0.25) is 0 Å². The summed E-state index contributed by atoms with van der Waals surface area (Å²) in [6.45, 7) is 0. The summed E-state index contributed by atoms with van der Waals surface area (Å²) >= 11 is 0. The molecule has 30 heavy (non-hydrogen) atoms. The molecule has 0 saturated heterocycles. The lowest BCUT2D eigenvalue weighted by Crippen LogP contribution is -2.13. The van der Waals surface area contributed by atoms with Crippen LogP contribution in [-0.4, -0.2) is 11.9 Å². The minimum atomic E-state index is -0.488. The van der Waals surface area contributed by atoms with Crippen LogP contribution in [0, 0.1) is 0 Å². The smallest absolute Gasteiger partial charge is 0.343 e. The van der Waals surface area contributed by atoms with Gasteiger partial charge in [0.05, 0.1) is 11.1 Å². The molecule has 0 amide bonds. The highest BCUT2D eigenvalue weighted by Gasteiger charge is 2.21. The maximum atomic E-state index is 12.6. The van der Waals surface area contributed by atoms with Crippen molar-refractivity contribution in [2.24, 2.45) is 0 Å².